The monoisotopic (exact) mass is 508 g/mol. The third-order valence-corrected chi connectivity index (χ3v) is 7.59. The fraction of sp³-hybridized carbons (Fsp3) is 0.697. The van der Waals surface area contributed by atoms with Crippen LogP contribution in [0.1, 0.15) is 128 Å². The molecule has 1 saturated heterocycles. The maximum absolute atomic E-state index is 6.02. The fourth-order valence-electron chi connectivity index (χ4n) is 5.17. The van der Waals surface area contributed by atoms with Crippen LogP contribution in [-0.4, -0.2) is 29.0 Å². The third-order valence-electron chi connectivity index (χ3n) is 7.59. The lowest BCUT2D eigenvalue weighted by Gasteiger charge is -2.26. The topological polar surface area (TPSA) is 44.2 Å². The molecule has 2 heterocycles. The van der Waals surface area contributed by atoms with Crippen molar-refractivity contribution < 1.29 is 9.47 Å². The van der Waals surface area contributed by atoms with Crippen LogP contribution in [-0.2, 0) is 22.3 Å². The zero-order valence-corrected chi connectivity index (χ0v) is 23.8. The molecule has 0 saturated carbocycles. The van der Waals surface area contributed by atoms with Crippen LogP contribution in [0.15, 0.2) is 36.7 Å². The number of hydrogen-bond donors (Lipinski definition) is 0. The predicted molar refractivity (Wildman–Crippen MR) is 155 cm³/mol. The first-order valence-corrected chi connectivity index (χ1v) is 15.4. The molecule has 0 aliphatic carbocycles. The minimum Gasteiger partial charge on any atom is -0.353 e. The van der Waals surface area contributed by atoms with E-state index in [-0.39, 0.29) is 12.4 Å². The average molecular weight is 509 g/mol. The summed E-state index contributed by atoms with van der Waals surface area (Å²) >= 11 is 0. The molecule has 3 rings (SSSR count). The zero-order chi connectivity index (χ0) is 26.0. The first-order chi connectivity index (χ1) is 18.2. The lowest BCUT2D eigenvalue weighted by atomic mass is 10.0. The number of benzene rings is 1. The molecule has 37 heavy (non-hydrogen) atoms. The summed E-state index contributed by atoms with van der Waals surface area (Å²) in [6.45, 7) is 5.31. The van der Waals surface area contributed by atoms with Crippen LogP contribution in [0.4, 0.5) is 0 Å². The lowest BCUT2D eigenvalue weighted by molar-refractivity contribution is -0.185. The highest BCUT2D eigenvalue weighted by Gasteiger charge is 2.16. The largest absolute Gasteiger partial charge is 0.353 e. The van der Waals surface area contributed by atoms with E-state index < -0.39 is 0 Å². The molecule has 2 atom stereocenters. The van der Waals surface area contributed by atoms with Gasteiger partial charge < -0.3 is 9.47 Å². The van der Waals surface area contributed by atoms with Gasteiger partial charge in [-0.15, -0.1) is 0 Å². The maximum atomic E-state index is 6.02. The summed E-state index contributed by atoms with van der Waals surface area (Å²) in [4.78, 5) is 9.28. The molecule has 206 valence electrons. The molecule has 1 fully saturated rings. The summed E-state index contributed by atoms with van der Waals surface area (Å²) in [5, 5.41) is 0. The molecule has 1 aliphatic heterocycles. The van der Waals surface area contributed by atoms with E-state index in [0.717, 1.165) is 43.7 Å². The Bertz CT molecular complexity index is 815. The van der Waals surface area contributed by atoms with E-state index in [1.165, 1.54) is 101 Å². The van der Waals surface area contributed by atoms with Crippen molar-refractivity contribution >= 4 is 0 Å². The highest BCUT2D eigenvalue weighted by atomic mass is 16.7. The molecule has 0 radical (unpaired) electrons. The van der Waals surface area contributed by atoms with Crippen LogP contribution >= 0.6 is 0 Å². The van der Waals surface area contributed by atoms with Crippen molar-refractivity contribution in [2.24, 2.45) is 0 Å². The smallest absolute Gasteiger partial charge is 0.157 e. The molecule has 0 spiro atoms. The molecule has 4 nitrogen and oxygen atoms in total. The summed E-state index contributed by atoms with van der Waals surface area (Å²) in [7, 11) is 0. The van der Waals surface area contributed by atoms with E-state index in [1.807, 2.05) is 12.4 Å². The quantitative estimate of drug-likeness (QED) is 0.177. The van der Waals surface area contributed by atoms with Gasteiger partial charge in [-0.05, 0) is 63.0 Å². The minimum absolute atomic E-state index is 0.0292. The molecule has 4 heteroatoms. The lowest BCUT2D eigenvalue weighted by Crippen LogP contribution is -2.26. The number of aromatic nitrogens is 2. The number of unbranched alkanes of at least 4 members (excludes halogenated alkanes) is 10. The molecular weight excluding hydrogens is 456 g/mol. The van der Waals surface area contributed by atoms with Gasteiger partial charge in [0.15, 0.2) is 6.29 Å². The second-order valence-corrected chi connectivity index (χ2v) is 11.0. The molecule has 2 unspecified atom stereocenters. The van der Waals surface area contributed by atoms with E-state index in [2.05, 4.69) is 48.1 Å². The number of hydrogen-bond acceptors (Lipinski definition) is 4. The van der Waals surface area contributed by atoms with Crippen LogP contribution < -0.4 is 0 Å². The second kappa shape index (κ2) is 18.5. The molecular formula is C33H52N2O2. The van der Waals surface area contributed by atoms with Crippen LogP contribution in [0.3, 0.4) is 0 Å². The Hall–Kier alpha value is -1.78. The molecule has 1 aromatic carbocycles. The van der Waals surface area contributed by atoms with Gasteiger partial charge in [0, 0.05) is 31.0 Å². The Kier molecular flexibility index (Phi) is 14.9. The number of aryl methyl sites for hydroxylation is 2. The second-order valence-electron chi connectivity index (χ2n) is 11.0. The van der Waals surface area contributed by atoms with Crippen LogP contribution in [0.25, 0.3) is 11.1 Å². The van der Waals surface area contributed by atoms with E-state index >= 15 is 0 Å². The van der Waals surface area contributed by atoms with Crippen LogP contribution in [0.2, 0.25) is 0 Å². The number of nitrogens with zero attached hydrogens (tertiary/aromatic N) is 2. The number of rotatable bonds is 19. The summed E-state index contributed by atoms with van der Waals surface area (Å²) in [5.74, 6) is 0.959. The molecule has 0 bridgehead atoms. The van der Waals surface area contributed by atoms with Gasteiger partial charge in [-0.25, -0.2) is 9.97 Å². The Morgan fingerprint density at radius 3 is 2.11 bits per heavy atom. The third kappa shape index (κ3) is 12.5. The van der Waals surface area contributed by atoms with E-state index in [4.69, 9.17) is 9.47 Å². The van der Waals surface area contributed by atoms with Gasteiger partial charge in [0.1, 0.15) is 5.82 Å². The average Bonchev–Trinajstić information content (AvgIpc) is 2.93. The molecule has 0 amide bonds. The van der Waals surface area contributed by atoms with Gasteiger partial charge in [-0.3, -0.25) is 0 Å². The van der Waals surface area contributed by atoms with Crippen molar-refractivity contribution in [1.29, 1.82) is 0 Å². The minimum atomic E-state index is 0.0292. The van der Waals surface area contributed by atoms with Crippen molar-refractivity contribution in [3.05, 3.63) is 48.0 Å². The summed E-state index contributed by atoms with van der Waals surface area (Å²) in [6, 6.07) is 9.00. The van der Waals surface area contributed by atoms with Gasteiger partial charge in [0.25, 0.3) is 0 Å². The fourth-order valence-corrected chi connectivity index (χ4v) is 5.17. The van der Waals surface area contributed by atoms with Gasteiger partial charge in [0.05, 0.1) is 6.10 Å². The standard InChI is InChI=1S/C33H52N2O2/c1-3-4-5-6-7-8-9-13-18-29-21-23-30(24-22-29)31-26-34-32(35-27-31)19-14-11-10-12-17-28(2)37-33-20-15-16-25-36-33/h21-24,26-28,33H,3-20,25H2,1-2H3. The highest BCUT2D eigenvalue weighted by molar-refractivity contribution is 5.61. The van der Waals surface area contributed by atoms with Gasteiger partial charge in [0.2, 0.25) is 0 Å². The summed E-state index contributed by atoms with van der Waals surface area (Å²) < 4.78 is 11.7. The Labute approximate surface area is 227 Å². The summed E-state index contributed by atoms with van der Waals surface area (Å²) in [6.07, 6.45) is 26.8. The first-order valence-electron chi connectivity index (χ1n) is 15.4. The van der Waals surface area contributed by atoms with Crippen LogP contribution in [0, 0.1) is 0 Å². The van der Waals surface area contributed by atoms with Crippen molar-refractivity contribution in [3.63, 3.8) is 0 Å². The van der Waals surface area contributed by atoms with Crippen molar-refractivity contribution in [1.82, 2.24) is 9.97 Å². The SMILES string of the molecule is CCCCCCCCCCc1ccc(-c2cnc(CCCCCCC(C)OC3CCCCO3)nc2)cc1. The van der Waals surface area contributed by atoms with Gasteiger partial charge in [-0.2, -0.15) is 0 Å². The van der Waals surface area contributed by atoms with Gasteiger partial charge in [-0.1, -0.05) is 95.4 Å². The molecule has 1 aromatic heterocycles. The van der Waals surface area contributed by atoms with Crippen LogP contribution in [0.5, 0.6) is 0 Å². The molecule has 2 aromatic rings. The first kappa shape index (κ1) is 29.8. The molecule has 0 N–H and O–H groups in total. The van der Waals surface area contributed by atoms with E-state index in [0.29, 0.717) is 0 Å². The summed E-state index contributed by atoms with van der Waals surface area (Å²) in [5.41, 5.74) is 3.76. The van der Waals surface area contributed by atoms with Gasteiger partial charge >= 0.3 is 0 Å². The normalized spacial score (nSPS) is 16.6. The highest BCUT2D eigenvalue weighted by Crippen LogP contribution is 2.21. The zero-order valence-electron chi connectivity index (χ0n) is 23.8. The van der Waals surface area contributed by atoms with Crippen molar-refractivity contribution in [3.8, 4) is 11.1 Å². The Morgan fingerprint density at radius 2 is 1.43 bits per heavy atom. The van der Waals surface area contributed by atoms with Crippen molar-refractivity contribution in [2.75, 3.05) is 6.61 Å². The van der Waals surface area contributed by atoms with E-state index in [9.17, 15) is 0 Å². The maximum Gasteiger partial charge on any atom is 0.157 e. The number of ether oxygens (including phenoxy) is 2. The van der Waals surface area contributed by atoms with Crippen molar-refractivity contribution in [2.45, 2.75) is 142 Å². The molecule has 1 aliphatic rings. The predicted octanol–water partition coefficient (Wildman–Crippen LogP) is 9.25. The van der Waals surface area contributed by atoms with E-state index in [1.54, 1.807) is 0 Å². The Morgan fingerprint density at radius 1 is 0.784 bits per heavy atom. The Balaban J connectivity index is 1.24.